The first-order valence-corrected chi connectivity index (χ1v) is 8.63. The van der Waals surface area contributed by atoms with Gasteiger partial charge in [0.1, 0.15) is 0 Å². The maximum absolute atomic E-state index is 12.2. The molecule has 2 N–H and O–H groups in total. The highest BCUT2D eigenvalue weighted by Crippen LogP contribution is 2.30. The standard InChI is InChI=1S/C12H20N2O2S2/c1-9(10-4-3-5-10)14-18(15,16)12-6-11(7-13-2)17-8-12/h6,8-10,13-14H,3-5,7H2,1-2H3. The van der Waals surface area contributed by atoms with E-state index < -0.39 is 10.0 Å². The zero-order chi connectivity index (χ0) is 13.2. The van der Waals surface area contributed by atoms with Gasteiger partial charge in [-0.25, -0.2) is 13.1 Å². The molecule has 0 saturated heterocycles. The lowest BCUT2D eigenvalue weighted by Crippen LogP contribution is -2.40. The Morgan fingerprint density at radius 1 is 1.50 bits per heavy atom. The highest BCUT2D eigenvalue weighted by atomic mass is 32.2. The molecule has 1 aliphatic carbocycles. The number of sulfonamides is 1. The smallest absolute Gasteiger partial charge is 0.241 e. The lowest BCUT2D eigenvalue weighted by Gasteiger charge is -2.31. The molecule has 1 aromatic rings. The van der Waals surface area contributed by atoms with Gasteiger partial charge < -0.3 is 5.32 Å². The molecule has 102 valence electrons. The van der Waals surface area contributed by atoms with Gasteiger partial charge in [0.05, 0.1) is 4.90 Å². The minimum absolute atomic E-state index is 0.0383. The summed E-state index contributed by atoms with van der Waals surface area (Å²) in [4.78, 5) is 1.43. The Morgan fingerprint density at radius 3 is 2.78 bits per heavy atom. The summed E-state index contributed by atoms with van der Waals surface area (Å²) >= 11 is 1.47. The Morgan fingerprint density at radius 2 is 2.22 bits per heavy atom. The first-order valence-electron chi connectivity index (χ1n) is 6.27. The molecule has 1 saturated carbocycles. The summed E-state index contributed by atoms with van der Waals surface area (Å²) in [5.41, 5.74) is 0. The third-order valence-corrected chi connectivity index (χ3v) is 6.11. The lowest BCUT2D eigenvalue weighted by atomic mass is 9.81. The van der Waals surface area contributed by atoms with Crippen LogP contribution in [0.5, 0.6) is 0 Å². The molecule has 6 heteroatoms. The van der Waals surface area contributed by atoms with Crippen LogP contribution < -0.4 is 10.0 Å². The number of nitrogens with one attached hydrogen (secondary N) is 2. The summed E-state index contributed by atoms with van der Waals surface area (Å²) in [5.74, 6) is 0.509. The van der Waals surface area contributed by atoms with Crippen molar-refractivity contribution in [1.29, 1.82) is 0 Å². The molecule has 0 aromatic carbocycles. The van der Waals surface area contributed by atoms with Crippen LogP contribution in [0.25, 0.3) is 0 Å². The second-order valence-corrected chi connectivity index (χ2v) is 7.59. The molecular weight excluding hydrogens is 268 g/mol. The predicted molar refractivity (Wildman–Crippen MR) is 74.2 cm³/mol. The molecule has 0 aliphatic heterocycles. The van der Waals surface area contributed by atoms with Crippen LogP contribution in [0.1, 0.15) is 31.1 Å². The van der Waals surface area contributed by atoms with Gasteiger partial charge in [-0.15, -0.1) is 11.3 Å². The van der Waals surface area contributed by atoms with Crippen LogP contribution in [0.4, 0.5) is 0 Å². The van der Waals surface area contributed by atoms with Crippen LogP contribution in [-0.2, 0) is 16.6 Å². The summed E-state index contributed by atoms with van der Waals surface area (Å²) in [6.45, 7) is 2.67. The van der Waals surface area contributed by atoms with Crippen LogP contribution in [0.2, 0.25) is 0 Å². The highest BCUT2D eigenvalue weighted by molar-refractivity contribution is 7.89. The fourth-order valence-corrected chi connectivity index (χ4v) is 4.72. The van der Waals surface area contributed by atoms with Gasteiger partial charge in [0.15, 0.2) is 0 Å². The third kappa shape index (κ3) is 3.12. The zero-order valence-electron chi connectivity index (χ0n) is 10.8. The molecule has 0 amide bonds. The van der Waals surface area contributed by atoms with Crippen molar-refractivity contribution in [3.05, 3.63) is 16.3 Å². The van der Waals surface area contributed by atoms with E-state index >= 15 is 0 Å². The maximum atomic E-state index is 12.2. The van der Waals surface area contributed by atoms with Crippen molar-refractivity contribution in [1.82, 2.24) is 10.0 Å². The van der Waals surface area contributed by atoms with E-state index in [4.69, 9.17) is 0 Å². The molecular formula is C12H20N2O2S2. The van der Waals surface area contributed by atoms with Gasteiger partial charge in [-0.1, -0.05) is 6.42 Å². The zero-order valence-corrected chi connectivity index (χ0v) is 12.4. The molecule has 0 bridgehead atoms. The minimum Gasteiger partial charge on any atom is -0.315 e. The van der Waals surface area contributed by atoms with Crippen LogP contribution >= 0.6 is 11.3 Å². The van der Waals surface area contributed by atoms with Gasteiger partial charge >= 0.3 is 0 Å². The van der Waals surface area contributed by atoms with Crippen molar-refractivity contribution in [3.63, 3.8) is 0 Å². The molecule has 1 heterocycles. The van der Waals surface area contributed by atoms with Crippen LogP contribution in [0.15, 0.2) is 16.3 Å². The van der Waals surface area contributed by atoms with E-state index in [-0.39, 0.29) is 6.04 Å². The van der Waals surface area contributed by atoms with Crippen LogP contribution in [0, 0.1) is 5.92 Å². The Hall–Kier alpha value is -0.430. The molecule has 0 spiro atoms. The number of rotatable bonds is 6. The molecule has 0 radical (unpaired) electrons. The maximum Gasteiger partial charge on any atom is 0.241 e. The van der Waals surface area contributed by atoms with Crippen molar-refractivity contribution < 1.29 is 8.42 Å². The molecule has 1 aliphatic rings. The first-order chi connectivity index (χ1) is 8.53. The Kier molecular flexibility index (Phi) is 4.42. The molecule has 1 fully saturated rings. The summed E-state index contributed by atoms with van der Waals surface area (Å²) in [6.07, 6.45) is 3.50. The SMILES string of the molecule is CNCc1cc(S(=O)(=O)NC(C)C2CCC2)cs1. The van der Waals surface area contributed by atoms with Gasteiger partial charge in [0.2, 0.25) is 10.0 Å². The van der Waals surface area contributed by atoms with E-state index in [2.05, 4.69) is 10.0 Å². The first kappa shape index (κ1) is 14.0. The summed E-state index contributed by atoms with van der Waals surface area (Å²) in [5, 5.41) is 4.73. The van der Waals surface area contributed by atoms with Gasteiger partial charge in [0.25, 0.3) is 0 Å². The largest absolute Gasteiger partial charge is 0.315 e. The van der Waals surface area contributed by atoms with E-state index in [1.165, 1.54) is 17.8 Å². The number of hydrogen-bond acceptors (Lipinski definition) is 4. The monoisotopic (exact) mass is 288 g/mol. The Labute approximate surface area is 113 Å². The van der Waals surface area contributed by atoms with Crippen molar-refractivity contribution in [2.75, 3.05) is 7.05 Å². The number of thiophene rings is 1. The van der Waals surface area contributed by atoms with Gasteiger partial charge in [-0.3, -0.25) is 0 Å². The predicted octanol–water partition coefficient (Wildman–Crippen LogP) is 1.93. The molecule has 2 rings (SSSR count). The van der Waals surface area contributed by atoms with Crippen molar-refractivity contribution in [3.8, 4) is 0 Å². The summed E-state index contributed by atoms with van der Waals surface area (Å²) in [6, 6.07) is 1.79. The van der Waals surface area contributed by atoms with Crippen LogP contribution in [-0.4, -0.2) is 21.5 Å². The van der Waals surface area contributed by atoms with E-state index in [1.807, 2.05) is 14.0 Å². The topological polar surface area (TPSA) is 58.2 Å². The van der Waals surface area contributed by atoms with E-state index in [0.29, 0.717) is 17.4 Å². The van der Waals surface area contributed by atoms with Gasteiger partial charge in [0, 0.05) is 22.8 Å². The Balaban J connectivity index is 2.04. The van der Waals surface area contributed by atoms with Gasteiger partial charge in [-0.05, 0) is 38.8 Å². The van der Waals surface area contributed by atoms with E-state index in [0.717, 1.165) is 17.7 Å². The second kappa shape index (κ2) is 5.69. The van der Waals surface area contributed by atoms with E-state index in [9.17, 15) is 8.42 Å². The minimum atomic E-state index is -3.35. The Bertz CT molecular complexity index is 492. The fourth-order valence-electron chi connectivity index (χ4n) is 2.12. The van der Waals surface area contributed by atoms with Gasteiger partial charge in [-0.2, -0.15) is 0 Å². The normalized spacial score (nSPS) is 18.6. The second-order valence-electron chi connectivity index (χ2n) is 4.88. The third-order valence-electron chi connectivity index (χ3n) is 3.49. The summed E-state index contributed by atoms with van der Waals surface area (Å²) in [7, 11) is -1.49. The highest BCUT2D eigenvalue weighted by Gasteiger charge is 2.28. The molecule has 4 nitrogen and oxygen atoms in total. The molecule has 1 unspecified atom stereocenters. The average molecular weight is 288 g/mol. The van der Waals surface area contributed by atoms with Crippen LogP contribution in [0.3, 0.4) is 0 Å². The molecule has 18 heavy (non-hydrogen) atoms. The lowest BCUT2D eigenvalue weighted by molar-refractivity contribution is 0.260. The fraction of sp³-hybridized carbons (Fsp3) is 0.667. The van der Waals surface area contributed by atoms with Crippen molar-refractivity contribution in [2.24, 2.45) is 5.92 Å². The van der Waals surface area contributed by atoms with E-state index in [1.54, 1.807) is 11.4 Å². The number of hydrogen-bond donors (Lipinski definition) is 2. The van der Waals surface area contributed by atoms with Crippen molar-refractivity contribution in [2.45, 2.75) is 43.7 Å². The molecule has 1 atom stereocenters. The average Bonchev–Trinajstić information content (AvgIpc) is 2.63. The summed E-state index contributed by atoms with van der Waals surface area (Å²) < 4.78 is 27.1. The molecule has 1 aromatic heterocycles. The quantitative estimate of drug-likeness (QED) is 0.841. The van der Waals surface area contributed by atoms with Crippen molar-refractivity contribution >= 4 is 21.4 Å².